The predicted molar refractivity (Wildman–Crippen MR) is 98.5 cm³/mol. The lowest BCUT2D eigenvalue weighted by atomic mass is 10.1. The largest absolute Gasteiger partial charge is 0.324 e. The number of nitrogens with zero attached hydrogens (tertiary/aromatic N) is 1. The zero-order chi connectivity index (χ0) is 17.9. The molecule has 0 bridgehead atoms. The van der Waals surface area contributed by atoms with E-state index in [9.17, 15) is 9.59 Å². The molecule has 2 rings (SSSR count). The molecule has 0 aliphatic carbocycles. The Balaban J connectivity index is 2.20. The summed E-state index contributed by atoms with van der Waals surface area (Å²) in [5, 5.41) is 2.89. The summed E-state index contributed by atoms with van der Waals surface area (Å²) in [6, 6.07) is 11.6. The molecular formula is C20H24N2O2. The first-order chi connectivity index (χ1) is 11.3. The van der Waals surface area contributed by atoms with Crippen LogP contribution in [0.4, 0.5) is 11.4 Å². The van der Waals surface area contributed by atoms with E-state index in [1.54, 1.807) is 0 Å². The van der Waals surface area contributed by atoms with Crippen LogP contribution in [0.5, 0.6) is 0 Å². The third-order valence-corrected chi connectivity index (χ3v) is 4.20. The minimum absolute atomic E-state index is 0.00700. The van der Waals surface area contributed by atoms with Crippen LogP contribution in [0.25, 0.3) is 0 Å². The Morgan fingerprint density at radius 3 is 2.33 bits per heavy atom. The Kier molecular flexibility index (Phi) is 5.39. The Bertz CT molecular complexity index is 781. The second-order valence-electron chi connectivity index (χ2n) is 6.19. The first kappa shape index (κ1) is 17.7. The van der Waals surface area contributed by atoms with Crippen LogP contribution in [0.2, 0.25) is 0 Å². The maximum Gasteiger partial charge on any atom is 0.244 e. The van der Waals surface area contributed by atoms with E-state index >= 15 is 0 Å². The molecule has 0 aliphatic rings. The smallest absolute Gasteiger partial charge is 0.244 e. The molecule has 24 heavy (non-hydrogen) atoms. The fraction of sp³-hybridized carbons (Fsp3) is 0.300. The highest BCUT2D eigenvalue weighted by atomic mass is 16.2. The van der Waals surface area contributed by atoms with E-state index in [0.717, 1.165) is 33.6 Å². The van der Waals surface area contributed by atoms with E-state index in [2.05, 4.69) is 5.32 Å². The number of hydrogen-bond donors (Lipinski definition) is 1. The van der Waals surface area contributed by atoms with E-state index < -0.39 is 0 Å². The van der Waals surface area contributed by atoms with Gasteiger partial charge >= 0.3 is 0 Å². The standard InChI is InChI=1S/C20H24N2O2/c1-13-9-10-18(15(3)11-13)21-20(24)12-22(17(5)23)19-8-6-7-14(2)16(19)4/h6-11H,12H2,1-5H3,(H,21,24). The summed E-state index contributed by atoms with van der Waals surface area (Å²) in [6.07, 6.45) is 0. The van der Waals surface area contributed by atoms with Gasteiger partial charge in [-0.15, -0.1) is 0 Å². The van der Waals surface area contributed by atoms with Gasteiger partial charge < -0.3 is 10.2 Å². The monoisotopic (exact) mass is 324 g/mol. The molecule has 0 unspecified atom stereocenters. The molecule has 4 nitrogen and oxygen atoms in total. The summed E-state index contributed by atoms with van der Waals surface area (Å²) in [7, 11) is 0. The third-order valence-electron chi connectivity index (χ3n) is 4.20. The molecule has 1 N–H and O–H groups in total. The normalized spacial score (nSPS) is 10.4. The Labute approximate surface area is 143 Å². The lowest BCUT2D eigenvalue weighted by Gasteiger charge is -2.23. The molecule has 0 fully saturated rings. The van der Waals surface area contributed by atoms with Gasteiger partial charge in [0.2, 0.25) is 11.8 Å². The molecule has 2 amide bonds. The summed E-state index contributed by atoms with van der Waals surface area (Å²) >= 11 is 0. The number of amides is 2. The molecule has 2 aromatic carbocycles. The van der Waals surface area contributed by atoms with Crippen molar-refractivity contribution >= 4 is 23.2 Å². The van der Waals surface area contributed by atoms with Crippen LogP contribution >= 0.6 is 0 Å². The SMILES string of the molecule is CC(=O)N(CC(=O)Nc1ccc(C)cc1C)c1cccc(C)c1C. The van der Waals surface area contributed by atoms with Crippen molar-refractivity contribution in [2.45, 2.75) is 34.6 Å². The topological polar surface area (TPSA) is 49.4 Å². The van der Waals surface area contributed by atoms with Crippen LogP contribution in [-0.4, -0.2) is 18.4 Å². The zero-order valence-electron chi connectivity index (χ0n) is 14.9. The summed E-state index contributed by atoms with van der Waals surface area (Å²) in [6.45, 7) is 9.39. The quantitative estimate of drug-likeness (QED) is 0.927. The summed E-state index contributed by atoms with van der Waals surface area (Å²) < 4.78 is 0. The number of benzene rings is 2. The van der Waals surface area contributed by atoms with Gasteiger partial charge in [-0.2, -0.15) is 0 Å². The summed E-state index contributed by atoms with van der Waals surface area (Å²) in [5.41, 5.74) is 5.80. The Morgan fingerprint density at radius 2 is 1.71 bits per heavy atom. The van der Waals surface area contributed by atoms with E-state index in [1.165, 1.54) is 11.8 Å². The van der Waals surface area contributed by atoms with Crippen LogP contribution in [-0.2, 0) is 9.59 Å². The fourth-order valence-corrected chi connectivity index (χ4v) is 2.68. The minimum atomic E-state index is -0.210. The number of aryl methyl sites for hydroxylation is 3. The van der Waals surface area contributed by atoms with Crippen LogP contribution < -0.4 is 10.2 Å². The molecule has 0 spiro atoms. The number of nitrogens with one attached hydrogen (secondary N) is 1. The summed E-state index contributed by atoms with van der Waals surface area (Å²) in [5.74, 6) is -0.363. The van der Waals surface area contributed by atoms with Gasteiger partial charge in [-0.3, -0.25) is 9.59 Å². The van der Waals surface area contributed by atoms with E-state index in [-0.39, 0.29) is 18.4 Å². The number of hydrogen-bond acceptors (Lipinski definition) is 2. The summed E-state index contributed by atoms with van der Waals surface area (Å²) in [4.78, 5) is 26.0. The van der Waals surface area contributed by atoms with Crippen LogP contribution in [0, 0.1) is 27.7 Å². The van der Waals surface area contributed by atoms with Crippen molar-refractivity contribution < 1.29 is 9.59 Å². The van der Waals surface area contributed by atoms with Crippen molar-refractivity contribution in [3.05, 3.63) is 58.7 Å². The van der Waals surface area contributed by atoms with Crippen LogP contribution in [0.15, 0.2) is 36.4 Å². The second-order valence-corrected chi connectivity index (χ2v) is 6.19. The van der Waals surface area contributed by atoms with Crippen LogP contribution in [0.3, 0.4) is 0 Å². The lowest BCUT2D eigenvalue weighted by molar-refractivity contribution is -0.120. The maximum absolute atomic E-state index is 12.4. The highest BCUT2D eigenvalue weighted by molar-refractivity contribution is 6.02. The molecule has 0 atom stereocenters. The Morgan fingerprint density at radius 1 is 1.00 bits per heavy atom. The van der Waals surface area contributed by atoms with Gasteiger partial charge in [-0.1, -0.05) is 29.8 Å². The van der Waals surface area contributed by atoms with Crippen molar-refractivity contribution in [3.63, 3.8) is 0 Å². The minimum Gasteiger partial charge on any atom is -0.324 e. The molecule has 0 heterocycles. The first-order valence-electron chi connectivity index (χ1n) is 8.01. The average Bonchev–Trinajstić information content (AvgIpc) is 2.50. The predicted octanol–water partition coefficient (Wildman–Crippen LogP) is 3.91. The molecule has 2 aromatic rings. The molecule has 4 heteroatoms. The molecule has 0 saturated carbocycles. The van der Waals surface area contributed by atoms with Crippen molar-refractivity contribution in [3.8, 4) is 0 Å². The van der Waals surface area contributed by atoms with Crippen molar-refractivity contribution in [1.82, 2.24) is 0 Å². The van der Waals surface area contributed by atoms with Crippen molar-refractivity contribution in [2.75, 3.05) is 16.8 Å². The fourth-order valence-electron chi connectivity index (χ4n) is 2.68. The number of carbonyl (C=O) groups excluding carboxylic acids is 2. The number of anilines is 2. The molecule has 0 aromatic heterocycles. The highest BCUT2D eigenvalue weighted by Gasteiger charge is 2.18. The van der Waals surface area contributed by atoms with E-state index in [1.807, 2.05) is 64.1 Å². The molecule has 0 saturated heterocycles. The third kappa shape index (κ3) is 4.02. The lowest BCUT2D eigenvalue weighted by Crippen LogP contribution is -2.37. The van der Waals surface area contributed by atoms with Crippen LogP contribution in [0.1, 0.15) is 29.2 Å². The first-order valence-corrected chi connectivity index (χ1v) is 8.01. The van der Waals surface area contributed by atoms with Gasteiger partial charge in [0.25, 0.3) is 0 Å². The zero-order valence-corrected chi connectivity index (χ0v) is 14.9. The van der Waals surface area contributed by atoms with Crippen molar-refractivity contribution in [1.29, 1.82) is 0 Å². The average molecular weight is 324 g/mol. The van der Waals surface area contributed by atoms with Gasteiger partial charge in [0.05, 0.1) is 0 Å². The molecule has 126 valence electrons. The van der Waals surface area contributed by atoms with Gasteiger partial charge in [0.1, 0.15) is 6.54 Å². The number of rotatable bonds is 4. The van der Waals surface area contributed by atoms with Gasteiger partial charge in [-0.25, -0.2) is 0 Å². The molecular weight excluding hydrogens is 300 g/mol. The van der Waals surface area contributed by atoms with E-state index in [0.29, 0.717) is 0 Å². The number of carbonyl (C=O) groups is 2. The second kappa shape index (κ2) is 7.30. The van der Waals surface area contributed by atoms with Crippen molar-refractivity contribution in [2.24, 2.45) is 0 Å². The van der Waals surface area contributed by atoms with Gasteiger partial charge in [-0.05, 0) is 56.5 Å². The van der Waals surface area contributed by atoms with E-state index in [4.69, 9.17) is 0 Å². The Hall–Kier alpha value is -2.62. The molecule has 0 radical (unpaired) electrons. The maximum atomic E-state index is 12.4. The molecule has 0 aliphatic heterocycles. The van der Waals surface area contributed by atoms with Gasteiger partial charge in [0.15, 0.2) is 0 Å². The van der Waals surface area contributed by atoms with Gasteiger partial charge in [0, 0.05) is 18.3 Å². The highest BCUT2D eigenvalue weighted by Crippen LogP contribution is 2.23.